The van der Waals surface area contributed by atoms with Crippen molar-refractivity contribution < 1.29 is 47.5 Å². The lowest BCUT2D eigenvalue weighted by molar-refractivity contribution is -0.924. The molecule has 4 aliphatic carbocycles. The molecule has 1 aliphatic heterocycles. The smallest absolute Gasteiger partial charge is 0.303 e. The Labute approximate surface area is 223 Å². The van der Waals surface area contributed by atoms with Crippen molar-refractivity contribution >= 4 is 11.9 Å². The van der Waals surface area contributed by atoms with Crippen molar-refractivity contribution in [2.45, 2.75) is 104 Å². The standard InChI is InChI=1S/C28H44NO4.HI/c1-18(30)32-21-10-12-27(3)20(16-21)8-9-22-23(27)11-13-28(4)24(22)17-25(26(28)33-19(2)31)29(5)14-6-7-15-29;/h8,21-26H,6-7,9-17H2,1-5H3;1H/q+1;/p-1/t21-,22+,23-,24-,25-,26-,27-,28-;/m0./s1. The molecule has 0 spiro atoms. The molecular formula is C28H44INO4. The van der Waals surface area contributed by atoms with Gasteiger partial charge in [-0.3, -0.25) is 9.59 Å². The van der Waals surface area contributed by atoms with Gasteiger partial charge >= 0.3 is 11.9 Å². The van der Waals surface area contributed by atoms with E-state index in [-0.39, 0.29) is 59.0 Å². The summed E-state index contributed by atoms with van der Waals surface area (Å²) in [6.45, 7) is 10.5. The van der Waals surface area contributed by atoms with Gasteiger partial charge < -0.3 is 37.9 Å². The maximum absolute atomic E-state index is 12.2. The Morgan fingerprint density at radius 2 is 1.68 bits per heavy atom. The van der Waals surface area contributed by atoms with E-state index in [1.54, 1.807) is 6.92 Å². The zero-order chi connectivity index (χ0) is 23.6. The van der Waals surface area contributed by atoms with Gasteiger partial charge in [0.25, 0.3) is 0 Å². The fraction of sp³-hybridized carbons (Fsp3) is 0.857. The Balaban J connectivity index is 0.00000274. The summed E-state index contributed by atoms with van der Waals surface area (Å²) < 4.78 is 12.9. The van der Waals surface area contributed by atoms with Gasteiger partial charge in [0.2, 0.25) is 0 Å². The number of carbonyl (C=O) groups excluding carboxylic acids is 2. The molecule has 34 heavy (non-hydrogen) atoms. The quantitative estimate of drug-likeness (QED) is 0.220. The fourth-order valence-corrected chi connectivity index (χ4v) is 9.29. The van der Waals surface area contributed by atoms with Crippen molar-refractivity contribution in [3.8, 4) is 0 Å². The summed E-state index contributed by atoms with van der Waals surface area (Å²) in [6.07, 6.45) is 12.9. The van der Waals surface area contributed by atoms with E-state index in [9.17, 15) is 9.59 Å². The fourth-order valence-electron chi connectivity index (χ4n) is 9.29. The van der Waals surface area contributed by atoms with Crippen LogP contribution in [-0.2, 0) is 19.1 Å². The minimum atomic E-state index is -0.154. The van der Waals surface area contributed by atoms with E-state index in [2.05, 4.69) is 27.0 Å². The number of nitrogens with zero attached hydrogens (tertiary/aromatic N) is 1. The van der Waals surface area contributed by atoms with Gasteiger partial charge in [-0.2, -0.15) is 0 Å². The highest BCUT2D eigenvalue weighted by molar-refractivity contribution is 5.66. The predicted octanol–water partition coefficient (Wildman–Crippen LogP) is 2.04. The van der Waals surface area contributed by atoms with Gasteiger partial charge in [0, 0.05) is 44.9 Å². The maximum atomic E-state index is 12.2. The summed E-state index contributed by atoms with van der Waals surface area (Å²) >= 11 is 0. The second-order valence-electron chi connectivity index (χ2n) is 12.7. The van der Waals surface area contributed by atoms with Gasteiger partial charge in [0.15, 0.2) is 6.10 Å². The first-order valence-corrected chi connectivity index (χ1v) is 13.4. The zero-order valence-electron chi connectivity index (χ0n) is 21.8. The van der Waals surface area contributed by atoms with Crippen LogP contribution in [0.15, 0.2) is 11.6 Å². The van der Waals surface area contributed by atoms with Crippen molar-refractivity contribution in [3.63, 3.8) is 0 Å². The number of hydrogen-bond donors (Lipinski definition) is 0. The van der Waals surface area contributed by atoms with Crippen LogP contribution >= 0.6 is 0 Å². The molecule has 0 radical (unpaired) electrons. The monoisotopic (exact) mass is 585 g/mol. The molecule has 5 nitrogen and oxygen atoms in total. The molecule has 5 aliphatic rings. The van der Waals surface area contributed by atoms with Crippen LogP contribution in [-0.4, -0.2) is 54.8 Å². The Bertz CT molecular complexity index is 851. The second-order valence-corrected chi connectivity index (χ2v) is 12.7. The van der Waals surface area contributed by atoms with Gasteiger partial charge in [-0.05, 0) is 55.3 Å². The van der Waals surface area contributed by atoms with Crippen molar-refractivity contribution in [1.82, 2.24) is 0 Å². The molecule has 0 aromatic heterocycles. The summed E-state index contributed by atoms with van der Waals surface area (Å²) in [6, 6.07) is 0.433. The lowest BCUT2D eigenvalue weighted by atomic mass is 9.48. The van der Waals surface area contributed by atoms with E-state index in [1.807, 2.05) is 0 Å². The molecule has 0 aromatic rings. The largest absolute Gasteiger partial charge is 1.00 e. The highest BCUT2D eigenvalue weighted by atomic mass is 127. The molecule has 0 amide bonds. The molecule has 192 valence electrons. The topological polar surface area (TPSA) is 52.6 Å². The third kappa shape index (κ3) is 4.16. The van der Waals surface area contributed by atoms with E-state index in [4.69, 9.17) is 9.47 Å². The van der Waals surface area contributed by atoms with E-state index >= 15 is 0 Å². The molecule has 0 bridgehead atoms. The molecule has 0 N–H and O–H groups in total. The first-order chi connectivity index (χ1) is 15.6. The molecule has 6 heteroatoms. The van der Waals surface area contributed by atoms with Crippen LogP contribution < -0.4 is 24.0 Å². The number of likely N-dealkylation sites (N-methyl/N-ethyl adjacent to an activating group) is 1. The summed E-state index contributed by atoms with van der Waals surface area (Å²) in [7, 11) is 2.42. The Morgan fingerprint density at radius 3 is 2.32 bits per heavy atom. The molecule has 8 atom stereocenters. The van der Waals surface area contributed by atoms with Crippen molar-refractivity contribution in [1.29, 1.82) is 0 Å². The molecule has 4 fully saturated rings. The SMILES string of the molecule is CC(=O)O[C@H]1CC[C@@]2(C)C(=CC[C@H]3[C@@H]4C[C@H]([N+]5(C)CCCC5)[C@H](OC(C)=O)[C@@]4(C)CC[C@@H]32)C1.[I-]. The Morgan fingerprint density at radius 1 is 1.00 bits per heavy atom. The second kappa shape index (κ2) is 9.35. The zero-order valence-corrected chi connectivity index (χ0v) is 23.9. The number of halogens is 1. The molecule has 1 heterocycles. The molecule has 0 unspecified atom stereocenters. The Kier molecular flexibility index (Phi) is 7.27. The number of likely N-dealkylation sites (tertiary alicyclic amines) is 1. The third-order valence-electron chi connectivity index (χ3n) is 11.0. The first kappa shape index (κ1) is 26.4. The molecule has 0 aromatic carbocycles. The van der Waals surface area contributed by atoms with Crippen molar-refractivity contribution in [2.75, 3.05) is 20.1 Å². The average molecular weight is 586 g/mol. The van der Waals surface area contributed by atoms with E-state index in [1.165, 1.54) is 51.3 Å². The maximum Gasteiger partial charge on any atom is 0.303 e. The average Bonchev–Trinajstić information content (AvgIpc) is 3.30. The number of rotatable bonds is 3. The molecule has 3 saturated carbocycles. The number of ether oxygens (including phenoxy) is 2. The first-order valence-electron chi connectivity index (χ1n) is 13.4. The van der Waals surface area contributed by atoms with Gasteiger partial charge in [0.1, 0.15) is 12.1 Å². The summed E-state index contributed by atoms with van der Waals surface area (Å²) in [4.78, 5) is 23.8. The number of hydrogen-bond acceptors (Lipinski definition) is 4. The van der Waals surface area contributed by atoms with Gasteiger partial charge in [-0.25, -0.2) is 0 Å². The van der Waals surface area contributed by atoms with Crippen LogP contribution in [0.25, 0.3) is 0 Å². The van der Waals surface area contributed by atoms with Crippen LogP contribution in [0.1, 0.15) is 85.5 Å². The molecule has 1 saturated heterocycles. The number of quaternary nitrogens is 1. The highest BCUT2D eigenvalue weighted by Gasteiger charge is 2.66. The molecule has 5 rings (SSSR count). The van der Waals surface area contributed by atoms with Crippen LogP contribution in [0.4, 0.5) is 0 Å². The lowest BCUT2D eigenvalue weighted by Crippen LogP contribution is -3.00. The van der Waals surface area contributed by atoms with Gasteiger partial charge in [-0.1, -0.05) is 25.5 Å². The lowest BCUT2D eigenvalue weighted by Gasteiger charge is -2.57. The number of fused-ring (bicyclic) bond motifs is 5. The van der Waals surface area contributed by atoms with Crippen LogP contribution in [0.2, 0.25) is 0 Å². The number of allylic oxidation sites excluding steroid dienone is 1. The van der Waals surface area contributed by atoms with Gasteiger partial charge in [-0.15, -0.1) is 0 Å². The van der Waals surface area contributed by atoms with Crippen LogP contribution in [0.3, 0.4) is 0 Å². The minimum absolute atomic E-state index is 0. The normalized spacial score (nSPS) is 44.6. The Hall–Kier alpha value is -0.630. The van der Waals surface area contributed by atoms with Crippen molar-refractivity contribution in [2.24, 2.45) is 28.6 Å². The highest BCUT2D eigenvalue weighted by Crippen LogP contribution is 2.66. The van der Waals surface area contributed by atoms with Crippen LogP contribution in [0.5, 0.6) is 0 Å². The third-order valence-corrected chi connectivity index (χ3v) is 11.0. The minimum Gasteiger partial charge on any atom is -1.00 e. The summed E-state index contributed by atoms with van der Waals surface area (Å²) in [5, 5.41) is 0. The number of esters is 2. The van der Waals surface area contributed by atoms with Crippen molar-refractivity contribution in [3.05, 3.63) is 11.6 Å². The number of carbonyl (C=O) groups is 2. The summed E-state index contributed by atoms with van der Waals surface area (Å²) in [5.41, 5.74) is 1.84. The van der Waals surface area contributed by atoms with Crippen LogP contribution in [0, 0.1) is 28.6 Å². The van der Waals surface area contributed by atoms with E-state index in [0.717, 1.165) is 36.6 Å². The predicted molar refractivity (Wildman–Crippen MR) is 127 cm³/mol. The molecular weight excluding hydrogens is 541 g/mol. The van der Waals surface area contributed by atoms with E-state index in [0.29, 0.717) is 23.8 Å². The van der Waals surface area contributed by atoms with Gasteiger partial charge in [0.05, 0.1) is 20.1 Å². The van der Waals surface area contributed by atoms with E-state index < -0.39 is 0 Å². The summed E-state index contributed by atoms with van der Waals surface area (Å²) in [5.74, 6) is 1.70.